The summed E-state index contributed by atoms with van der Waals surface area (Å²) in [5.74, 6) is 0. The summed E-state index contributed by atoms with van der Waals surface area (Å²) >= 11 is 4.52. The van der Waals surface area contributed by atoms with Crippen LogP contribution in [-0.2, 0) is 4.79 Å². The van der Waals surface area contributed by atoms with Crippen LogP contribution < -0.4 is 0 Å². The summed E-state index contributed by atoms with van der Waals surface area (Å²) in [6, 6.07) is 0. The fraction of sp³-hybridized carbons (Fsp3) is 0.933. The van der Waals surface area contributed by atoms with Gasteiger partial charge in [-0.05, 0) is 19.0 Å². The molecule has 1 radical (unpaired) electrons. The Morgan fingerprint density at radius 2 is 1.06 bits per heavy atom. The summed E-state index contributed by atoms with van der Waals surface area (Å²) in [5.41, 5.74) is 0. The molecule has 0 saturated carbocycles. The molecule has 1 nitrogen and oxygen atoms in total. The quantitative estimate of drug-likeness (QED) is 0.381. The third kappa shape index (κ3) is 15.9. The van der Waals surface area contributed by atoms with Crippen molar-refractivity contribution in [1.29, 1.82) is 0 Å². The molecule has 0 N–H and O–H groups in total. The van der Waals surface area contributed by atoms with E-state index in [4.69, 9.17) is 0 Å². The fourth-order valence-corrected chi connectivity index (χ4v) is 2.25. The topological polar surface area (TPSA) is 17.1 Å². The van der Waals surface area contributed by atoms with E-state index in [0.717, 1.165) is 6.42 Å². The zero-order valence-corrected chi connectivity index (χ0v) is 12.3. The smallest absolute Gasteiger partial charge is 0.218 e. The Morgan fingerprint density at radius 3 is 1.41 bits per heavy atom. The molecule has 0 aromatic carbocycles. The Kier molecular flexibility index (Phi) is 13.9. The number of hydrogen-bond donors (Lipinski definition) is 0. The lowest BCUT2D eigenvalue weighted by molar-refractivity contribution is -0.110. The van der Waals surface area contributed by atoms with Gasteiger partial charge in [-0.3, -0.25) is 4.79 Å². The van der Waals surface area contributed by atoms with Crippen molar-refractivity contribution in [3.8, 4) is 0 Å². The standard InChI is InChI=1S/C15H29OS/c1-2-3-4-5-6-7-8-9-10-11-12-13-14-15(16)17/h2-14H2,1H3. The molecule has 0 unspecified atom stereocenters. The first kappa shape index (κ1) is 16.9. The van der Waals surface area contributed by atoms with Crippen LogP contribution in [0.4, 0.5) is 0 Å². The first-order valence-electron chi connectivity index (χ1n) is 7.47. The second kappa shape index (κ2) is 14.0. The molecular formula is C15H29OS. The van der Waals surface area contributed by atoms with Crippen molar-refractivity contribution >= 4 is 17.7 Å². The molecular weight excluding hydrogens is 228 g/mol. The minimum absolute atomic E-state index is 0.0721. The van der Waals surface area contributed by atoms with Crippen molar-refractivity contribution in [1.82, 2.24) is 0 Å². The SMILES string of the molecule is CCCCCCCCCCCCCCC(=O)[S]. The summed E-state index contributed by atoms with van der Waals surface area (Å²) in [4.78, 5) is 10.5. The van der Waals surface area contributed by atoms with Crippen LogP contribution >= 0.6 is 12.6 Å². The second-order valence-electron chi connectivity index (χ2n) is 5.01. The largest absolute Gasteiger partial charge is 0.282 e. The van der Waals surface area contributed by atoms with Crippen molar-refractivity contribution in [2.45, 2.75) is 90.4 Å². The molecule has 17 heavy (non-hydrogen) atoms. The monoisotopic (exact) mass is 257 g/mol. The summed E-state index contributed by atoms with van der Waals surface area (Å²) in [5, 5.41) is -0.0721. The van der Waals surface area contributed by atoms with Crippen molar-refractivity contribution in [3.05, 3.63) is 0 Å². The number of carbonyl (C=O) groups excluding carboxylic acids is 1. The zero-order valence-electron chi connectivity index (χ0n) is 11.5. The summed E-state index contributed by atoms with van der Waals surface area (Å²) in [7, 11) is 0. The van der Waals surface area contributed by atoms with Gasteiger partial charge in [0.15, 0.2) is 0 Å². The minimum Gasteiger partial charge on any atom is -0.282 e. The summed E-state index contributed by atoms with van der Waals surface area (Å²) in [6.07, 6.45) is 16.6. The van der Waals surface area contributed by atoms with Gasteiger partial charge in [-0.2, -0.15) is 0 Å². The van der Waals surface area contributed by atoms with Crippen LogP contribution in [0, 0.1) is 0 Å². The third-order valence-corrected chi connectivity index (χ3v) is 3.44. The molecule has 0 rings (SSSR count). The van der Waals surface area contributed by atoms with Gasteiger partial charge in [-0.15, -0.1) is 0 Å². The molecule has 0 amide bonds. The van der Waals surface area contributed by atoms with E-state index >= 15 is 0 Å². The van der Waals surface area contributed by atoms with E-state index < -0.39 is 0 Å². The highest BCUT2D eigenvalue weighted by molar-refractivity contribution is 7.96. The van der Waals surface area contributed by atoms with Crippen molar-refractivity contribution in [2.75, 3.05) is 0 Å². The molecule has 2 heteroatoms. The van der Waals surface area contributed by atoms with Crippen LogP contribution in [0.3, 0.4) is 0 Å². The highest BCUT2D eigenvalue weighted by Gasteiger charge is 1.96. The molecule has 0 saturated heterocycles. The van der Waals surface area contributed by atoms with Gasteiger partial charge in [-0.25, -0.2) is 0 Å². The van der Waals surface area contributed by atoms with E-state index in [1.165, 1.54) is 70.6 Å². The average molecular weight is 257 g/mol. The van der Waals surface area contributed by atoms with E-state index in [9.17, 15) is 4.79 Å². The molecule has 0 fully saturated rings. The van der Waals surface area contributed by atoms with Crippen LogP contribution in [0.1, 0.15) is 90.4 Å². The van der Waals surface area contributed by atoms with Crippen LogP contribution in [0.25, 0.3) is 0 Å². The van der Waals surface area contributed by atoms with Crippen molar-refractivity contribution in [3.63, 3.8) is 0 Å². The fourth-order valence-electron chi connectivity index (χ4n) is 2.11. The molecule has 0 aliphatic heterocycles. The highest BCUT2D eigenvalue weighted by atomic mass is 32.1. The average Bonchev–Trinajstić information content (AvgIpc) is 2.30. The van der Waals surface area contributed by atoms with Gasteiger partial charge >= 0.3 is 0 Å². The van der Waals surface area contributed by atoms with Gasteiger partial charge in [0.05, 0.1) is 0 Å². The van der Waals surface area contributed by atoms with E-state index in [2.05, 4.69) is 19.6 Å². The Bertz CT molecular complexity index is 168. The van der Waals surface area contributed by atoms with Crippen molar-refractivity contribution < 1.29 is 4.79 Å². The van der Waals surface area contributed by atoms with Crippen LogP contribution in [0.5, 0.6) is 0 Å². The van der Waals surface area contributed by atoms with E-state index in [1.54, 1.807) is 0 Å². The molecule has 0 aromatic rings. The van der Waals surface area contributed by atoms with Gasteiger partial charge in [0.25, 0.3) is 0 Å². The van der Waals surface area contributed by atoms with Gasteiger partial charge < -0.3 is 0 Å². The van der Waals surface area contributed by atoms with Gasteiger partial charge in [0, 0.05) is 6.42 Å². The predicted molar refractivity (Wildman–Crippen MR) is 78.3 cm³/mol. The van der Waals surface area contributed by atoms with Gasteiger partial charge in [0.1, 0.15) is 0 Å². The lowest BCUT2D eigenvalue weighted by Crippen LogP contribution is -1.86. The van der Waals surface area contributed by atoms with Crippen molar-refractivity contribution in [2.24, 2.45) is 0 Å². The summed E-state index contributed by atoms with van der Waals surface area (Å²) < 4.78 is 0. The van der Waals surface area contributed by atoms with E-state index in [0.29, 0.717) is 6.42 Å². The van der Waals surface area contributed by atoms with Crippen LogP contribution in [0.15, 0.2) is 0 Å². The van der Waals surface area contributed by atoms with Crippen LogP contribution in [0.2, 0.25) is 0 Å². The first-order valence-corrected chi connectivity index (χ1v) is 7.88. The Hall–Kier alpha value is -0.110. The predicted octanol–water partition coefficient (Wildman–Crippen LogP) is 5.80. The molecule has 0 bridgehead atoms. The Balaban J connectivity index is 2.91. The molecule has 0 aliphatic rings. The number of carbonyl (C=O) groups is 1. The molecule has 101 valence electrons. The normalized spacial score (nSPS) is 10.6. The van der Waals surface area contributed by atoms with E-state index in [1.807, 2.05) is 0 Å². The second-order valence-corrected chi connectivity index (χ2v) is 5.47. The molecule has 0 atom stereocenters. The number of unbranched alkanes of at least 4 members (excludes halogenated alkanes) is 11. The van der Waals surface area contributed by atoms with E-state index in [-0.39, 0.29) is 5.12 Å². The number of hydrogen-bond acceptors (Lipinski definition) is 1. The zero-order chi connectivity index (χ0) is 12.8. The first-order chi connectivity index (χ1) is 8.27. The number of rotatable bonds is 13. The minimum atomic E-state index is -0.0721. The Morgan fingerprint density at radius 1 is 0.706 bits per heavy atom. The maximum Gasteiger partial charge on any atom is 0.218 e. The molecule has 0 aliphatic carbocycles. The maximum atomic E-state index is 10.5. The van der Waals surface area contributed by atoms with Crippen LogP contribution in [-0.4, -0.2) is 5.12 Å². The lowest BCUT2D eigenvalue weighted by Gasteiger charge is -2.02. The highest BCUT2D eigenvalue weighted by Crippen LogP contribution is 2.12. The maximum absolute atomic E-state index is 10.5. The van der Waals surface area contributed by atoms with Gasteiger partial charge in [-0.1, -0.05) is 77.6 Å². The third-order valence-electron chi connectivity index (χ3n) is 3.23. The Labute approximate surface area is 113 Å². The molecule has 0 heterocycles. The summed E-state index contributed by atoms with van der Waals surface area (Å²) in [6.45, 7) is 2.26. The molecule has 0 spiro atoms. The van der Waals surface area contributed by atoms with Gasteiger partial charge in [0.2, 0.25) is 5.12 Å². The molecule has 0 aromatic heterocycles. The lowest BCUT2D eigenvalue weighted by atomic mass is 10.0.